The average Bonchev–Trinajstić information content (AvgIpc) is 2.91. The molecule has 3 rings (SSSR count). The minimum atomic E-state index is 0.450. The molecule has 1 aliphatic rings. The summed E-state index contributed by atoms with van der Waals surface area (Å²) in [5, 5.41) is 3.71. The summed E-state index contributed by atoms with van der Waals surface area (Å²) in [4.78, 5) is 7.21. The van der Waals surface area contributed by atoms with Crippen molar-refractivity contribution in [3.63, 3.8) is 0 Å². The lowest BCUT2D eigenvalue weighted by Gasteiger charge is -2.39. The summed E-state index contributed by atoms with van der Waals surface area (Å²) in [6.45, 7) is 7.15. The van der Waals surface area contributed by atoms with Gasteiger partial charge in [-0.3, -0.25) is 0 Å². The minimum absolute atomic E-state index is 0.450. The van der Waals surface area contributed by atoms with Crippen LogP contribution in [0, 0.1) is 11.3 Å². The second-order valence-corrected chi connectivity index (χ2v) is 7.30. The van der Waals surface area contributed by atoms with Gasteiger partial charge in [0.25, 0.3) is 0 Å². The van der Waals surface area contributed by atoms with Crippen molar-refractivity contribution in [3.05, 3.63) is 36.8 Å². The Kier molecular flexibility index (Phi) is 3.75. The van der Waals surface area contributed by atoms with Gasteiger partial charge in [-0.15, -0.1) is 0 Å². The predicted octanol–water partition coefficient (Wildman–Crippen LogP) is 4.70. The summed E-state index contributed by atoms with van der Waals surface area (Å²) in [7, 11) is 0. The summed E-state index contributed by atoms with van der Waals surface area (Å²) in [6, 6.07) is 9.22. The zero-order valence-corrected chi connectivity index (χ0v) is 13.2. The molecule has 2 unspecified atom stereocenters. The van der Waals surface area contributed by atoms with Gasteiger partial charge in [0.1, 0.15) is 0 Å². The number of nitrogens with one attached hydrogen (secondary N) is 2. The summed E-state index contributed by atoms with van der Waals surface area (Å²) in [6.07, 6.45) is 7.43. The van der Waals surface area contributed by atoms with Crippen LogP contribution in [0.4, 0.5) is 5.69 Å². The van der Waals surface area contributed by atoms with Crippen molar-refractivity contribution < 1.29 is 0 Å². The number of nitrogens with zero attached hydrogens (tertiary/aromatic N) is 1. The second kappa shape index (κ2) is 5.55. The third-order valence-electron chi connectivity index (χ3n) is 4.45. The van der Waals surface area contributed by atoms with Gasteiger partial charge < -0.3 is 10.3 Å². The molecule has 1 aromatic carbocycles. The molecule has 2 aromatic rings. The third-order valence-corrected chi connectivity index (χ3v) is 4.45. The predicted molar refractivity (Wildman–Crippen MR) is 88.2 cm³/mol. The van der Waals surface area contributed by atoms with Crippen molar-refractivity contribution in [3.8, 4) is 11.3 Å². The van der Waals surface area contributed by atoms with Crippen molar-refractivity contribution in [1.29, 1.82) is 0 Å². The lowest BCUT2D eigenvalue weighted by molar-refractivity contribution is 0.178. The van der Waals surface area contributed by atoms with E-state index in [1.165, 1.54) is 30.5 Å². The van der Waals surface area contributed by atoms with E-state index < -0.39 is 0 Å². The molecule has 1 saturated carbocycles. The van der Waals surface area contributed by atoms with E-state index in [9.17, 15) is 0 Å². The molecule has 21 heavy (non-hydrogen) atoms. The number of H-pyrrole nitrogens is 1. The molecule has 0 bridgehead atoms. The molecular formula is C18H25N3. The Labute approximate surface area is 127 Å². The third kappa shape index (κ3) is 3.46. The highest BCUT2D eigenvalue weighted by molar-refractivity contribution is 5.62. The lowest BCUT2D eigenvalue weighted by atomic mass is 9.70. The molecule has 1 heterocycles. The van der Waals surface area contributed by atoms with Crippen LogP contribution in [0.25, 0.3) is 11.3 Å². The minimum Gasteiger partial charge on any atom is -0.382 e. The van der Waals surface area contributed by atoms with Crippen molar-refractivity contribution in [2.45, 2.75) is 46.1 Å². The van der Waals surface area contributed by atoms with Crippen LogP contribution in [0.3, 0.4) is 0 Å². The second-order valence-electron chi connectivity index (χ2n) is 7.30. The number of anilines is 1. The van der Waals surface area contributed by atoms with Crippen molar-refractivity contribution in [2.24, 2.45) is 11.3 Å². The Morgan fingerprint density at radius 1 is 1.19 bits per heavy atom. The van der Waals surface area contributed by atoms with E-state index in [2.05, 4.69) is 60.3 Å². The van der Waals surface area contributed by atoms with Gasteiger partial charge in [-0.05, 0) is 48.3 Å². The van der Waals surface area contributed by atoms with E-state index in [4.69, 9.17) is 0 Å². The topological polar surface area (TPSA) is 40.7 Å². The van der Waals surface area contributed by atoms with Crippen LogP contribution >= 0.6 is 0 Å². The Morgan fingerprint density at radius 2 is 1.95 bits per heavy atom. The van der Waals surface area contributed by atoms with Gasteiger partial charge in [-0.25, -0.2) is 4.98 Å². The number of imidazole rings is 1. The maximum Gasteiger partial charge on any atom is 0.0924 e. The van der Waals surface area contributed by atoms with E-state index in [0.29, 0.717) is 11.5 Å². The number of hydrogen-bond acceptors (Lipinski definition) is 2. The van der Waals surface area contributed by atoms with Crippen LogP contribution in [0.15, 0.2) is 36.8 Å². The normalized spacial score (nSPS) is 24.7. The van der Waals surface area contributed by atoms with E-state index in [-0.39, 0.29) is 0 Å². The first kappa shape index (κ1) is 14.2. The Morgan fingerprint density at radius 3 is 2.57 bits per heavy atom. The lowest BCUT2D eigenvalue weighted by Crippen LogP contribution is -2.35. The molecule has 1 aliphatic carbocycles. The fraction of sp³-hybridized carbons (Fsp3) is 0.500. The summed E-state index contributed by atoms with van der Waals surface area (Å²) in [5.41, 5.74) is 3.91. The summed E-state index contributed by atoms with van der Waals surface area (Å²) < 4.78 is 0. The highest BCUT2D eigenvalue weighted by atomic mass is 14.9. The van der Waals surface area contributed by atoms with Crippen molar-refractivity contribution in [2.75, 3.05) is 5.32 Å². The van der Waals surface area contributed by atoms with Crippen LogP contribution in [0.1, 0.15) is 40.0 Å². The quantitative estimate of drug-likeness (QED) is 0.857. The van der Waals surface area contributed by atoms with E-state index in [0.717, 1.165) is 11.6 Å². The molecule has 0 spiro atoms. The monoisotopic (exact) mass is 283 g/mol. The fourth-order valence-electron chi connectivity index (χ4n) is 3.85. The summed E-state index contributed by atoms with van der Waals surface area (Å²) >= 11 is 0. The van der Waals surface area contributed by atoms with Gasteiger partial charge in [-0.2, -0.15) is 0 Å². The molecule has 0 radical (unpaired) electrons. The molecular weight excluding hydrogens is 258 g/mol. The molecule has 3 nitrogen and oxygen atoms in total. The van der Waals surface area contributed by atoms with Crippen molar-refractivity contribution in [1.82, 2.24) is 9.97 Å². The van der Waals surface area contributed by atoms with Crippen LogP contribution in [0.2, 0.25) is 0 Å². The largest absolute Gasteiger partial charge is 0.382 e. The SMILES string of the molecule is CC1CC(Nc2ccc(-c3cnc[nH]3)cc2)CC(C)(C)C1. The first-order chi connectivity index (χ1) is 10.0. The number of hydrogen-bond donors (Lipinski definition) is 2. The number of rotatable bonds is 3. The molecule has 1 fully saturated rings. The average molecular weight is 283 g/mol. The maximum absolute atomic E-state index is 4.07. The van der Waals surface area contributed by atoms with Crippen LogP contribution in [0.5, 0.6) is 0 Å². The maximum atomic E-state index is 4.07. The first-order valence-corrected chi connectivity index (χ1v) is 7.87. The summed E-state index contributed by atoms with van der Waals surface area (Å²) in [5.74, 6) is 0.801. The van der Waals surface area contributed by atoms with Gasteiger partial charge in [0.2, 0.25) is 0 Å². The van der Waals surface area contributed by atoms with Crippen LogP contribution in [-0.4, -0.2) is 16.0 Å². The molecule has 112 valence electrons. The number of aromatic nitrogens is 2. The molecule has 2 atom stereocenters. The standard InChI is InChI=1S/C18H25N3/c1-13-8-16(10-18(2,3)9-13)21-15-6-4-14(5-7-15)17-11-19-12-20-17/h4-7,11-13,16,21H,8-10H2,1-3H3,(H,19,20). The fourth-order valence-corrected chi connectivity index (χ4v) is 3.85. The molecule has 2 N–H and O–H groups in total. The Hall–Kier alpha value is -1.77. The van der Waals surface area contributed by atoms with E-state index in [1.54, 1.807) is 6.33 Å². The Balaban J connectivity index is 1.68. The van der Waals surface area contributed by atoms with Crippen molar-refractivity contribution >= 4 is 5.69 Å². The van der Waals surface area contributed by atoms with E-state index >= 15 is 0 Å². The molecule has 0 aliphatic heterocycles. The van der Waals surface area contributed by atoms with Gasteiger partial charge in [0.15, 0.2) is 0 Å². The van der Waals surface area contributed by atoms with Gasteiger partial charge >= 0.3 is 0 Å². The zero-order chi connectivity index (χ0) is 14.9. The number of benzene rings is 1. The smallest absolute Gasteiger partial charge is 0.0924 e. The number of aromatic amines is 1. The molecule has 1 aromatic heterocycles. The molecule has 0 amide bonds. The first-order valence-electron chi connectivity index (χ1n) is 7.87. The van der Waals surface area contributed by atoms with Gasteiger partial charge in [0.05, 0.1) is 18.2 Å². The van der Waals surface area contributed by atoms with Crippen LogP contribution in [-0.2, 0) is 0 Å². The molecule has 3 heteroatoms. The van der Waals surface area contributed by atoms with Gasteiger partial charge in [0, 0.05) is 11.7 Å². The zero-order valence-electron chi connectivity index (χ0n) is 13.2. The highest BCUT2D eigenvalue weighted by Gasteiger charge is 2.31. The van der Waals surface area contributed by atoms with E-state index in [1.807, 2.05) is 6.20 Å². The highest BCUT2D eigenvalue weighted by Crippen LogP contribution is 2.39. The Bertz CT molecular complexity index is 569. The van der Waals surface area contributed by atoms with Crippen LogP contribution < -0.4 is 5.32 Å². The molecule has 0 saturated heterocycles. The van der Waals surface area contributed by atoms with Gasteiger partial charge in [-0.1, -0.05) is 32.9 Å².